The van der Waals surface area contributed by atoms with Crippen molar-refractivity contribution < 1.29 is 13.2 Å². The number of halogens is 1. The fourth-order valence-corrected chi connectivity index (χ4v) is 3.98. The molecule has 1 aliphatic rings. The van der Waals surface area contributed by atoms with Crippen molar-refractivity contribution in [2.24, 2.45) is 13.0 Å². The zero-order chi connectivity index (χ0) is 19.6. The Morgan fingerprint density at radius 3 is 2.71 bits per heavy atom. The minimum atomic E-state index is -3.33. The molecule has 1 aromatic heterocycles. The van der Waals surface area contributed by atoms with Crippen molar-refractivity contribution in [1.82, 2.24) is 15.1 Å². The van der Waals surface area contributed by atoms with Crippen molar-refractivity contribution >= 4 is 39.7 Å². The van der Waals surface area contributed by atoms with Crippen LogP contribution in [0.5, 0.6) is 0 Å². The lowest BCUT2D eigenvalue weighted by atomic mass is 9.90. The zero-order valence-electron chi connectivity index (χ0n) is 16.1. The molecule has 3 rings (SSSR count). The molecule has 28 heavy (non-hydrogen) atoms. The number of hydrogen-bond donors (Lipinski definition) is 3. The summed E-state index contributed by atoms with van der Waals surface area (Å²) in [6.45, 7) is 4.73. The number of anilines is 2. The molecule has 0 saturated carbocycles. The average molecular weight is 428 g/mol. The second-order valence-corrected chi connectivity index (χ2v) is 8.85. The summed E-state index contributed by atoms with van der Waals surface area (Å²) in [5.74, 6) is -0.159. The lowest BCUT2D eigenvalue weighted by Gasteiger charge is -2.18. The van der Waals surface area contributed by atoms with Gasteiger partial charge >= 0.3 is 0 Å². The van der Waals surface area contributed by atoms with Crippen LogP contribution in [0.4, 0.5) is 11.4 Å². The third kappa shape index (κ3) is 5.03. The van der Waals surface area contributed by atoms with Crippen LogP contribution < -0.4 is 15.4 Å². The Hall–Kier alpha value is -2.10. The standard InChI is InChI=1S/C18H25N5O3S.ClH/c1-4-27(25,26)22-17-6-5-14(7-12(17)2)21-18(24)16-10-19-9-15(16)13-8-20-23(3)11-13;/h5-8,11,15-16,19,22H,4,9-10H2,1-3H3,(H,21,24);1H/t15-,16+;/m1./s1. The highest BCUT2D eigenvalue weighted by atomic mass is 35.5. The SMILES string of the molecule is CCS(=O)(=O)Nc1ccc(NC(=O)[C@H]2CNC[C@@H]2c2cnn(C)c2)cc1C.Cl. The highest BCUT2D eigenvalue weighted by Gasteiger charge is 2.34. The van der Waals surface area contributed by atoms with Gasteiger partial charge in [-0.2, -0.15) is 5.10 Å². The molecule has 1 amide bonds. The summed E-state index contributed by atoms with van der Waals surface area (Å²) in [7, 11) is -1.47. The fraction of sp³-hybridized carbons (Fsp3) is 0.444. The van der Waals surface area contributed by atoms with E-state index in [-0.39, 0.29) is 35.9 Å². The Bertz CT molecular complexity index is 944. The van der Waals surface area contributed by atoms with Crippen LogP contribution in [-0.4, -0.2) is 42.9 Å². The van der Waals surface area contributed by atoms with Gasteiger partial charge in [-0.15, -0.1) is 12.4 Å². The quantitative estimate of drug-likeness (QED) is 0.652. The summed E-state index contributed by atoms with van der Waals surface area (Å²) < 4.78 is 27.8. The first-order valence-corrected chi connectivity index (χ1v) is 10.6. The monoisotopic (exact) mass is 427 g/mol. The van der Waals surface area contributed by atoms with Crippen molar-refractivity contribution in [2.75, 3.05) is 28.9 Å². The van der Waals surface area contributed by atoms with Crippen LogP contribution in [0.15, 0.2) is 30.6 Å². The average Bonchev–Trinajstić information content (AvgIpc) is 3.26. The molecule has 0 bridgehead atoms. The molecule has 0 radical (unpaired) electrons. The van der Waals surface area contributed by atoms with E-state index in [1.807, 2.05) is 13.2 Å². The number of amides is 1. The van der Waals surface area contributed by atoms with E-state index in [0.717, 1.165) is 17.7 Å². The molecule has 1 fully saturated rings. The molecule has 0 spiro atoms. The minimum absolute atomic E-state index is 0. The summed E-state index contributed by atoms with van der Waals surface area (Å²) in [4.78, 5) is 12.8. The van der Waals surface area contributed by atoms with Crippen LogP contribution >= 0.6 is 12.4 Å². The normalized spacial score (nSPS) is 19.1. The molecule has 1 aromatic carbocycles. The summed E-state index contributed by atoms with van der Waals surface area (Å²) >= 11 is 0. The highest BCUT2D eigenvalue weighted by Crippen LogP contribution is 2.29. The second kappa shape index (κ2) is 8.93. The number of sulfonamides is 1. The summed E-state index contributed by atoms with van der Waals surface area (Å²) in [5.41, 5.74) is 2.96. The topological polar surface area (TPSA) is 105 Å². The van der Waals surface area contributed by atoms with Crippen LogP contribution in [0.3, 0.4) is 0 Å². The minimum Gasteiger partial charge on any atom is -0.326 e. The van der Waals surface area contributed by atoms with Crippen molar-refractivity contribution in [3.63, 3.8) is 0 Å². The summed E-state index contributed by atoms with van der Waals surface area (Å²) in [6.07, 6.45) is 3.74. The van der Waals surface area contributed by atoms with Gasteiger partial charge in [0.1, 0.15) is 0 Å². The van der Waals surface area contributed by atoms with Crippen LogP contribution in [0.2, 0.25) is 0 Å². The summed E-state index contributed by atoms with van der Waals surface area (Å²) in [6, 6.07) is 5.15. The number of carbonyl (C=O) groups is 1. The van der Waals surface area contributed by atoms with Crippen LogP contribution in [0, 0.1) is 12.8 Å². The maximum Gasteiger partial charge on any atom is 0.232 e. The van der Waals surface area contributed by atoms with E-state index in [1.165, 1.54) is 0 Å². The third-order valence-corrected chi connectivity index (χ3v) is 6.13. The number of nitrogens with zero attached hydrogens (tertiary/aromatic N) is 2. The van der Waals surface area contributed by atoms with Gasteiger partial charge in [-0.25, -0.2) is 8.42 Å². The number of rotatable bonds is 6. The van der Waals surface area contributed by atoms with E-state index in [0.29, 0.717) is 17.9 Å². The molecule has 1 saturated heterocycles. The Kier molecular flexibility index (Phi) is 7.08. The van der Waals surface area contributed by atoms with E-state index >= 15 is 0 Å². The number of benzene rings is 1. The molecular weight excluding hydrogens is 402 g/mol. The van der Waals surface area contributed by atoms with Gasteiger partial charge in [-0.05, 0) is 43.2 Å². The lowest BCUT2D eigenvalue weighted by Crippen LogP contribution is -2.28. The molecule has 2 aromatic rings. The lowest BCUT2D eigenvalue weighted by molar-refractivity contribution is -0.119. The van der Waals surface area contributed by atoms with E-state index in [1.54, 1.807) is 42.9 Å². The Labute approximate surface area is 171 Å². The molecular formula is C18H26ClN5O3S. The predicted octanol–water partition coefficient (Wildman–Crippen LogP) is 1.85. The molecule has 10 heteroatoms. The Balaban J connectivity index is 0.00000280. The highest BCUT2D eigenvalue weighted by molar-refractivity contribution is 7.92. The number of carbonyl (C=O) groups excluding carboxylic acids is 1. The van der Waals surface area contributed by atoms with Crippen molar-refractivity contribution in [3.05, 3.63) is 41.7 Å². The molecule has 0 unspecified atom stereocenters. The number of hydrogen-bond acceptors (Lipinski definition) is 5. The summed E-state index contributed by atoms with van der Waals surface area (Å²) in [5, 5.41) is 10.4. The van der Waals surface area contributed by atoms with Gasteiger partial charge < -0.3 is 10.6 Å². The predicted molar refractivity (Wildman–Crippen MR) is 112 cm³/mol. The number of aromatic nitrogens is 2. The Morgan fingerprint density at radius 2 is 2.11 bits per heavy atom. The first-order chi connectivity index (χ1) is 12.8. The van der Waals surface area contributed by atoms with Crippen LogP contribution in [0.25, 0.3) is 0 Å². The van der Waals surface area contributed by atoms with Gasteiger partial charge in [0.2, 0.25) is 15.9 Å². The van der Waals surface area contributed by atoms with Gasteiger partial charge in [0.25, 0.3) is 0 Å². The van der Waals surface area contributed by atoms with E-state index < -0.39 is 10.0 Å². The van der Waals surface area contributed by atoms with Gasteiger partial charge in [-0.1, -0.05) is 0 Å². The zero-order valence-corrected chi connectivity index (χ0v) is 17.7. The maximum absolute atomic E-state index is 12.8. The molecule has 1 aliphatic heterocycles. The third-order valence-electron chi connectivity index (χ3n) is 4.84. The largest absolute Gasteiger partial charge is 0.326 e. The molecule has 8 nitrogen and oxygen atoms in total. The van der Waals surface area contributed by atoms with Crippen LogP contribution in [0.1, 0.15) is 24.0 Å². The van der Waals surface area contributed by atoms with E-state index in [9.17, 15) is 13.2 Å². The number of aryl methyl sites for hydroxylation is 2. The fourth-order valence-electron chi connectivity index (χ4n) is 3.27. The Morgan fingerprint density at radius 1 is 1.36 bits per heavy atom. The first kappa shape index (κ1) is 22.2. The maximum atomic E-state index is 12.8. The molecule has 2 atom stereocenters. The van der Waals surface area contributed by atoms with Crippen molar-refractivity contribution in [3.8, 4) is 0 Å². The molecule has 0 aliphatic carbocycles. The van der Waals surface area contributed by atoms with Gasteiger partial charge in [-0.3, -0.25) is 14.2 Å². The van der Waals surface area contributed by atoms with Crippen LogP contribution in [-0.2, 0) is 21.9 Å². The smallest absolute Gasteiger partial charge is 0.232 e. The molecule has 3 N–H and O–H groups in total. The van der Waals surface area contributed by atoms with E-state index in [4.69, 9.17) is 0 Å². The first-order valence-electron chi connectivity index (χ1n) is 8.90. The van der Waals surface area contributed by atoms with E-state index in [2.05, 4.69) is 20.5 Å². The molecule has 154 valence electrons. The van der Waals surface area contributed by atoms with Gasteiger partial charge in [0, 0.05) is 37.9 Å². The second-order valence-electron chi connectivity index (χ2n) is 6.84. The van der Waals surface area contributed by atoms with Gasteiger partial charge in [0.15, 0.2) is 0 Å². The number of nitrogens with one attached hydrogen (secondary N) is 3. The van der Waals surface area contributed by atoms with Crippen molar-refractivity contribution in [2.45, 2.75) is 19.8 Å². The molecule has 2 heterocycles. The van der Waals surface area contributed by atoms with Crippen molar-refractivity contribution in [1.29, 1.82) is 0 Å². The van der Waals surface area contributed by atoms with Gasteiger partial charge in [0.05, 0.1) is 23.6 Å².